The van der Waals surface area contributed by atoms with E-state index in [0.29, 0.717) is 37.4 Å². The van der Waals surface area contributed by atoms with Gasteiger partial charge in [0, 0.05) is 31.7 Å². The molecule has 148 valence electrons. The standard InChI is InChI=1S/C18H15Cl2F2N3O3/c19-11-8-10(9-12(20)15(11)23)17(26)25-6-4-24(5-7-25)13-2-1-3-14-16(13)28-18(21,22)27-14/h1-3,8-9H,4-7,23H2. The molecule has 1 amide bonds. The molecule has 2 aromatic rings. The van der Waals surface area contributed by atoms with Gasteiger partial charge in [0.1, 0.15) is 0 Å². The Balaban J connectivity index is 1.48. The van der Waals surface area contributed by atoms with Gasteiger partial charge in [0.05, 0.1) is 21.4 Å². The second-order valence-electron chi connectivity index (χ2n) is 6.40. The molecule has 4 rings (SSSR count). The lowest BCUT2D eigenvalue weighted by molar-refractivity contribution is -0.286. The lowest BCUT2D eigenvalue weighted by atomic mass is 10.1. The van der Waals surface area contributed by atoms with Gasteiger partial charge in [0.15, 0.2) is 11.5 Å². The summed E-state index contributed by atoms with van der Waals surface area (Å²) in [5.74, 6) is -0.232. The fourth-order valence-electron chi connectivity index (χ4n) is 3.24. The van der Waals surface area contributed by atoms with Crippen molar-refractivity contribution >= 4 is 40.5 Å². The van der Waals surface area contributed by atoms with Crippen LogP contribution in [0, 0.1) is 0 Å². The van der Waals surface area contributed by atoms with Gasteiger partial charge in [-0.1, -0.05) is 29.3 Å². The SMILES string of the molecule is Nc1c(Cl)cc(C(=O)N2CCN(c3cccc4c3OC(F)(F)O4)CC2)cc1Cl. The number of benzene rings is 2. The normalized spacial score (nSPS) is 17.7. The molecular weight excluding hydrogens is 415 g/mol. The predicted molar refractivity (Wildman–Crippen MR) is 102 cm³/mol. The Kier molecular flexibility index (Phi) is 4.63. The number of alkyl halides is 2. The summed E-state index contributed by atoms with van der Waals surface area (Å²) in [5, 5.41) is 0.430. The number of nitrogens with zero attached hydrogens (tertiary/aromatic N) is 2. The van der Waals surface area contributed by atoms with E-state index < -0.39 is 6.29 Å². The van der Waals surface area contributed by atoms with Crippen LogP contribution >= 0.6 is 23.2 Å². The molecule has 0 saturated carbocycles. The van der Waals surface area contributed by atoms with Crippen molar-refractivity contribution in [1.82, 2.24) is 4.90 Å². The number of carbonyl (C=O) groups excluding carboxylic acids is 1. The minimum Gasteiger partial charge on any atom is -0.396 e. The minimum absolute atomic E-state index is 0.00405. The summed E-state index contributed by atoms with van der Waals surface area (Å²) in [5.41, 5.74) is 6.77. The highest BCUT2D eigenvalue weighted by molar-refractivity contribution is 6.39. The molecule has 2 aliphatic heterocycles. The fourth-order valence-corrected chi connectivity index (χ4v) is 3.73. The highest BCUT2D eigenvalue weighted by Crippen LogP contribution is 2.47. The third-order valence-corrected chi connectivity index (χ3v) is 5.27. The van der Waals surface area contributed by atoms with E-state index in [-0.39, 0.29) is 33.1 Å². The number of nitrogens with two attached hydrogens (primary N) is 1. The number of amides is 1. The first-order valence-corrected chi connectivity index (χ1v) is 9.18. The van der Waals surface area contributed by atoms with Crippen molar-refractivity contribution in [1.29, 1.82) is 0 Å². The van der Waals surface area contributed by atoms with Crippen LogP contribution < -0.4 is 20.1 Å². The van der Waals surface area contributed by atoms with Gasteiger partial charge in [-0.25, -0.2) is 0 Å². The van der Waals surface area contributed by atoms with Crippen molar-refractivity contribution in [2.75, 3.05) is 36.8 Å². The van der Waals surface area contributed by atoms with E-state index >= 15 is 0 Å². The Morgan fingerprint density at radius 1 is 1.07 bits per heavy atom. The molecule has 0 aliphatic carbocycles. The molecule has 2 aliphatic rings. The molecule has 0 aromatic heterocycles. The number of nitrogen functional groups attached to an aromatic ring is 1. The summed E-state index contributed by atoms with van der Waals surface area (Å²) in [6.45, 7) is 1.65. The molecular formula is C18H15Cl2F2N3O3. The fraction of sp³-hybridized carbons (Fsp3) is 0.278. The first kappa shape index (κ1) is 18.9. The highest BCUT2D eigenvalue weighted by Gasteiger charge is 2.45. The van der Waals surface area contributed by atoms with E-state index in [9.17, 15) is 13.6 Å². The first-order valence-electron chi connectivity index (χ1n) is 8.43. The Morgan fingerprint density at radius 2 is 1.71 bits per heavy atom. The Hall–Kier alpha value is -2.45. The van der Waals surface area contributed by atoms with Gasteiger partial charge in [0.2, 0.25) is 0 Å². The van der Waals surface area contributed by atoms with Crippen molar-refractivity contribution in [2.45, 2.75) is 6.29 Å². The Morgan fingerprint density at radius 3 is 2.36 bits per heavy atom. The van der Waals surface area contributed by atoms with E-state index in [1.54, 1.807) is 17.0 Å². The summed E-state index contributed by atoms with van der Waals surface area (Å²) in [6.07, 6.45) is -3.68. The number of anilines is 2. The summed E-state index contributed by atoms with van der Waals surface area (Å²) in [7, 11) is 0. The maximum atomic E-state index is 13.4. The summed E-state index contributed by atoms with van der Waals surface area (Å²) in [4.78, 5) is 16.3. The number of hydrogen-bond donors (Lipinski definition) is 1. The molecule has 0 atom stereocenters. The molecule has 0 bridgehead atoms. The molecule has 2 N–H and O–H groups in total. The van der Waals surface area contributed by atoms with Crippen molar-refractivity contribution in [2.24, 2.45) is 0 Å². The van der Waals surface area contributed by atoms with Crippen LogP contribution in [0.2, 0.25) is 10.0 Å². The van der Waals surface area contributed by atoms with Gasteiger partial charge in [-0.3, -0.25) is 4.79 Å². The second kappa shape index (κ2) is 6.86. The summed E-state index contributed by atoms with van der Waals surface area (Å²) < 4.78 is 35.9. The van der Waals surface area contributed by atoms with Crippen molar-refractivity contribution in [3.63, 3.8) is 0 Å². The highest BCUT2D eigenvalue weighted by atomic mass is 35.5. The zero-order chi connectivity index (χ0) is 20.1. The molecule has 28 heavy (non-hydrogen) atoms. The van der Waals surface area contributed by atoms with Gasteiger partial charge in [-0.2, -0.15) is 0 Å². The van der Waals surface area contributed by atoms with Crippen LogP contribution in [0.15, 0.2) is 30.3 Å². The largest absolute Gasteiger partial charge is 0.586 e. The van der Waals surface area contributed by atoms with Crippen LogP contribution in [0.3, 0.4) is 0 Å². The monoisotopic (exact) mass is 429 g/mol. The number of para-hydroxylation sites is 1. The molecule has 6 nitrogen and oxygen atoms in total. The quantitative estimate of drug-likeness (QED) is 0.734. The molecule has 10 heteroatoms. The van der Waals surface area contributed by atoms with Gasteiger partial charge in [0.25, 0.3) is 5.91 Å². The van der Waals surface area contributed by atoms with Crippen LogP contribution in [0.5, 0.6) is 11.5 Å². The van der Waals surface area contributed by atoms with Crippen LogP contribution in [0.4, 0.5) is 20.2 Å². The average Bonchev–Trinajstić information content (AvgIpc) is 2.99. The topological polar surface area (TPSA) is 68.0 Å². The van der Waals surface area contributed by atoms with Crippen LogP contribution in [0.1, 0.15) is 10.4 Å². The first-order chi connectivity index (χ1) is 13.2. The maximum absolute atomic E-state index is 13.4. The number of ether oxygens (including phenoxy) is 2. The Labute approximate surface area is 169 Å². The van der Waals surface area contributed by atoms with E-state index in [0.717, 1.165) is 0 Å². The van der Waals surface area contributed by atoms with Crippen molar-refractivity contribution < 1.29 is 23.0 Å². The minimum atomic E-state index is -3.68. The third kappa shape index (κ3) is 3.38. The van der Waals surface area contributed by atoms with Gasteiger partial charge < -0.3 is 25.0 Å². The van der Waals surface area contributed by atoms with Crippen molar-refractivity contribution in [3.05, 3.63) is 45.9 Å². The predicted octanol–water partition coefficient (Wildman–Crippen LogP) is 3.86. The number of hydrogen-bond acceptors (Lipinski definition) is 5. The molecule has 2 aromatic carbocycles. The zero-order valence-electron chi connectivity index (χ0n) is 14.4. The summed E-state index contributed by atoms with van der Waals surface area (Å²) >= 11 is 12.0. The van der Waals surface area contributed by atoms with Crippen LogP contribution in [0.25, 0.3) is 0 Å². The van der Waals surface area contributed by atoms with Crippen LogP contribution in [-0.2, 0) is 0 Å². The van der Waals surface area contributed by atoms with E-state index in [4.69, 9.17) is 28.9 Å². The van der Waals surface area contributed by atoms with E-state index in [1.807, 2.05) is 4.90 Å². The van der Waals surface area contributed by atoms with Crippen LogP contribution in [-0.4, -0.2) is 43.3 Å². The van der Waals surface area contributed by atoms with Gasteiger partial charge in [-0.15, -0.1) is 8.78 Å². The van der Waals surface area contributed by atoms with Gasteiger partial charge in [-0.05, 0) is 24.3 Å². The third-order valence-electron chi connectivity index (χ3n) is 4.64. The van der Waals surface area contributed by atoms with Crippen molar-refractivity contribution in [3.8, 4) is 11.5 Å². The number of rotatable bonds is 2. The number of halogens is 4. The number of piperazine rings is 1. The number of fused-ring (bicyclic) bond motifs is 1. The molecule has 0 radical (unpaired) electrons. The van der Waals surface area contributed by atoms with Gasteiger partial charge >= 0.3 is 6.29 Å². The molecule has 2 heterocycles. The smallest absolute Gasteiger partial charge is 0.396 e. The Bertz CT molecular complexity index is 927. The number of carbonyl (C=O) groups is 1. The molecule has 0 unspecified atom stereocenters. The molecule has 0 spiro atoms. The molecule has 1 fully saturated rings. The lowest BCUT2D eigenvalue weighted by Crippen LogP contribution is -2.48. The average molecular weight is 430 g/mol. The van der Waals surface area contributed by atoms with E-state index in [2.05, 4.69) is 9.47 Å². The zero-order valence-corrected chi connectivity index (χ0v) is 15.9. The second-order valence-corrected chi connectivity index (χ2v) is 7.22. The van der Waals surface area contributed by atoms with E-state index in [1.165, 1.54) is 18.2 Å². The summed E-state index contributed by atoms with van der Waals surface area (Å²) in [6, 6.07) is 7.69. The maximum Gasteiger partial charge on any atom is 0.586 e. The molecule has 1 saturated heterocycles. The lowest BCUT2D eigenvalue weighted by Gasteiger charge is -2.36.